The first-order valence-corrected chi connectivity index (χ1v) is 9.56. The van der Waals surface area contributed by atoms with E-state index in [0.29, 0.717) is 36.5 Å². The molecule has 0 unspecified atom stereocenters. The standard InChI is InChI=1S/C19H16ClNO2S2/c1-3-21(4-2)19(24)25-16-10-14-13(9-15(16)20)17(22)11-7-5-6-8-12(11)18(14)23/h5-10H,3-4H2,1-2H3. The monoisotopic (exact) mass is 389 g/mol. The highest BCUT2D eigenvalue weighted by Crippen LogP contribution is 2.36. The van der Waals surface area contributed by atoms with Crippen LogP contribution in [0.4, 0.5) is 0 Å². The van der Waals surface area contributed by atoms with Gasteiger partial charge in [0.2, 0.25) is 0 Å². The van der Waals surface area contributed by atoms with Gasteiger partial charge in [-0.1, -0.05) is 59.8 Å². The Morgan fingerprint density at radius 1 is 1.00 bits per heavy atom. The lowest BCUT2D eigenvalue weighted by Crippen LogP contribution is -2.26. The molecule has 0 heterocycles. The zero-order chi connectivity index (χ0) is 18.1. The highest BCUT2D eigenvalue weighted by molar-refractivity contribution is 8.23. The SMILES string of the molecule is CCN(CC)C(=S)Sc1cc2c(cc1Cl)C(=O)c1ccccc1C2=O. The Hall–Kier alpha value is -1.69. The number of hydrogen-bond acceptors (Lipinski definition) is 4. The highest BCUT2D eigenvalue weighted by Gasteiger charge is 2.30. The zero-order valence-corrected chi connectivity index (χ0v) is 16.2. The van der Waals surface area contributed by atoms with Crippen molar-refractivity contribution in [3.05, 3.63) is 63.7 Å². The van der Waals surface area contributed by atoms with E-state index in [9.17, 15) is 9.59 Å². The fraction of sp³-hybridized carbons (Fsp3) is 0.211. The van der Waals surface area contributed by atoms with Crippen LogP contribution in [0.3, 0.4) is 0 Å². The summed E-state index contributed by atoms with van der Waals surface area (Å²) in [5.74, 6) is -0.326. The average molecular weight is 390 g/mol. The average Bonchev–Trinajstić information content (AvgIpc) is 2.62. The summed E-state index contributed by atoms with van der Waals surface area (Å²) in [5.41, 5.74) is 1.60. The molecule has 0 spiro atoms. The van der Waals surface area contributed by atoms with Crippen molar-refractivity contribution in [2.75, 3.05) is 13.1 Å². The second kappa shape index (κ2) is 7.28. The molecule has 0 saturated heterocycles. The van der Waals surface area contributed by atoms with Crippen molar-refractivity contribution in [3.8, 4) is 0 Å². The summed E-state index contributed by atoms with van der Waals surface area (Å²) in [7, 11) is 0. The molecule has 0 aliphatic heterocycles. The minimum absolute atomic E-state index is 0.155. The summed E-state index contributed by atoms with van der Waals surface area (Å²) >= 11 is 13.2. The van der Waals surface area contributed by atoms with E-state index < -0.39 is 0 Å². The molecular formula is C19H16ClNO2S2. The Kier molecular flexibility index (Phi) is 5.27. The van der Waals surface area contributed by atoms with Crippen LogP contribution >= 0.6 is 35.6 Å². The number of carbonyl (C=O) groups excluding carboxylic acids is 2. The number of carbonyl (C=O) groups is 2. The van der Waals surface area contributed by atoms with E-state index in [1.54, 1.807) is 36.4 Å². The number of ketones is 2. The van der Waals surface area contributed by atoms with E-state index in [2.05, 4.69) is 0 Å². The molecule has 0 N–H and O–H groups in total. The molecule has 128 valence electrons. The van der Waals surface area contributed by atoms with E-state index in [1.807, 2.05) is 18.7 Å². The number of hydrogen-bond donors (Lipinski definition) is 0. The van der Waals surface area contributed by atoms with E-state index in [4.69, 9.17) is 23.8 Å². The second-order valence-electron chi connectivity index (χ2n) is 5.57. The lowest BCUT2D eigenvalue weighted by molar-refractivity contribution is 0.0979. The van der Waals surface area contributed by atoms with Crippen LogP contribution in [-0.4, -0.2) is 33.9 Å². The molecular weight excluding hydrogens is 374 g/mol. The fourth-order valence-electron chi connectivity index (χ4n) is 2.82. The maximum Gasteiger partial charge on any atom is 0.194 e. The van der Waals surface area contributed by atoms with Gasteiger partial charge in [0.05, 0.1) is 5.02 Å². The van der Waals surface area contributed by atoms with Crippen molar-refractivity contribution in [1.29, 1.82) is 0 Å². The number of thiocarbonyl (C=S) groups is 1. The number of fused-ring (bicyclic) bond motifs is 2. The van der Waals surface area contributed by atoms with Crippen molar-refractivity contribution in [2.24, 2.45) is 0 Å². The Morgan fingerprint density at radius 3 is 2.04 bits per heavy atom. The molecule has 6 heteroatoms. The highest BCUT2D eigenvalue weighted by atomic mass is 35.5. The van der Waals surface area contributed by atoms with E-state index in [-0.39, 0.29) is 11.6 Å². The van der Waals surface area contributed by atoms with Gasteiger partial charge in [-0.2, -0.15) is 0 Å². The quantitative estimate of drug-likeness (QED) is 0.473. The molecule has 1 aliphatic rings. The van der Waals surface area contributed by atoms with Gasteiger partial charge < -0.3 is 4.90 Å². The first-order valence-electron chi connectivity index (χ1n) is 7.96. The lowest BCUT2D eigenvalue weighted by atomic mass is 9.84. The van der Waals surface area contributed by atoms with Crippen LogP contribution in [0.25, 0.3) is 0 Å². The molecule has 1 aliphatic carbocycles. The molecule has 0 radical (unpaired) electrons. The molecule has 3 rings (SSSR count). The third-order valence-electron chi connectivity index (χ3n) is 4.20. The van der Waals surface area contributed by atoms with Crippen molar-refractivity contribution in [1.82, 2.24) is 4.90 Å². The molecule has 2 aromatic carbocycles. The normalized spacial score (nSPS) is 12.6. The van der Waals surface area contributed by atoms with Crippen LogP contribution in [0, 0.1) is 0 Å². The van der Waals surface area contributed by atoms with Gasteiger partial charge in [-0.25, -0.2) is 0 Å². The van der Waals surface area contributed by atoms with Gasteiger partial charge in [0.1, 0.15) is 4.32 Å². The summed E-state index contributed by atoms with van der Waals surface area (Å²) in [5, 5.41) is 0.429. The third-order valence-corrected chi connectivity index (χ3v) is 6.12. The van der Waals surface area contributed by atoms with Crippen LogP contribution in [0.5, 0.6) is 0 Å². The first-order chi connectivity index (χ1) is 12.0. The topological polar surface area (TPSA) is 37.4 Å². The van der Waals surface area contributed by atoms with Crippen molar-refractivity contribution < 1.29 is 9.59 Å². The first kappa shape index (κ1) is 18.1. The summed E-state index contributed by atoms with van der Waals surface area (Å²) in [6.07, 6.45) is 0. The van der Waals surface area contributed by atoms with Gasteiger partial charge in [0.25, 0.3) is 0 Å². The van der Waals surface area contributed by atoms with Crippen LogP contribution < -0.4 is 0 Å². The zero-order valence-electron chi connectivity index (χ0n) is 13.8. The van der Waals surface area contributed by atoms with Crippen LogP contribution in [0.15, 0.2) is 41.3 Å². The van der Waals surface area contributed by atoms with Gasteiger partial charge in [-0.05, 0) is 26.0 Å². The number of halogens is 1. The minimum atomic E-state index is -0.171. The molecule has 3 nitrogen and oxygen atoms in total. The van der Waals surface area contributed by atoms with E-state index in [1.165, 1.54) is 11.8 Å². The van der Waals surface area contributed by atoms with Crippen LogP contribution in [0.2, 0.25) is 5.02 Å². The maximum atomic E-state index is 12.8. The number of benzene rings is 2. The molecule has 2 aromatic rings. The number of rotatable bonds is 3. The Morgan fingerprint density at radius 2 is 1.52 bits per heavy atom. The van der Waals surface area contributed by atoms with Crippen LogP contribution in [-0.2, 0) is 0 Å². The fourth-order valence-corrected chi connectivity index (χ4v) is 4.53. The van der Waals surface area contributed by atoms with Crippen LogP contribution in [0.1, 0.15) is 45.7 Å². The summed E-state index contributed by atoms with van der Waals surface area (Å²) < 4.78 is 0.696. The number of thioether (sulfide) groups is 1. The number of nitrogens with zero attached hydrogens (tertiary/aromatic N) is 1. The molecule has 0 fully saturated rings. The smallest absolute Gasteiger partial charge is 0.194 e. The van der Waals surface area contributed by atoms with Gasteiger partial charge in [-0.3, -0.25) is 9.59 Å². The summed E-state index contributed by atoms with van der Waals surface area (Å²) in [6.45, 7) is 5.67. The molecule has 0 amide bonds. The molecule has 0 saturated carbocycles. The lowest BCUT2D eigenvalue weighted by Gasteiger charge is -2.22. The summed E-state index contributed by atoms with van der Waals surface area (Å²) in [6, 6.07) is 10.1. The Bertz CT molecular complexity index is 891. The Balaban J connectivity index is 2.03. The molecule has 0 bridgehead atoms. The maximum absolute atomic E-state index is 12.8. The molecule has 0 aromatic heterocycles. The van der Waals surface area contributed by atoms with Gasteiger partial charge >= 0.3 is 0 Å². The van der Waals surface area contributed by atoms with E-state index >= 15 is 0 Å². The summed E-state index contributed by atoms with van der Waals surface area (Å²) in [4.78, 5) is 28.2. The van der Waals surface area contributed by atoms with Crippen molar-refractivity contribution >= 4 is 51.5 Å². The van der Waals surface area contributed by atoms with E-state index in [0.717, 1.165) is 13.1 Å². The van der Waals surface area contributed by atoms with Gasteiger partial charge in [0, 0.05) is 40.2 Å². The minimum Gasteiger partial charge on any atom is -0.358 e. The Labute approximate surface area is 161 Å². The van der Waals surface area contributed by atoms with Gasteiger partial charge in [0.15, 0.2) is 11.6 Å². The van der Waals surface area contributed by atoms with Crippen molar-refractivity contribution in [2.45, 2.75) is 18.7 Å². The van der Waals surface area contributed by atoms with Gasteiger partial charge in [-0.15, -0.1) is 0 Å². The predicted molar refractivity (Wildman–Crippen MR) is 106 cm³/mol. The third kappa shape index (κ3) is 3.24. The predicted octanol–water partition coefficient (Wildman–Crippen LogP) is 4.83. The second-order valence-corrected chi connectivity index (χ2v) is 7.66. The van der Waals surface area contributed by atoms with Crippen molar-refractivity contribution in [3.63, 3.8) is 0 Å². The largest absolute Gasteiger partial charge is 0.358 e. The molecule has 25 heavy (non-hydrogen) atoms. The molecule has 0 atom stereocenters.